The van der Waals surface area contributed by atoms with E-state index in [1.807, 2.05) is 36.1 Å². The van der Waals surface area contributed by atoms with Gasteiger partial charge in [-0.1, -0.05) is 12.1 Å². The number of aromatic nitrogens is 1. The van der Waals surface area contributed by atoms with Gasteiger partial charge in [-0.05, 0) is 60.0 Å². The van der Waals surface area contributed by atoms with E-state index in [1.54, 1.807) is 24.5 Å². The van der Waals surface area contributed by atoms with Crippen LogP contribution >= 0.6 is 27.3 Å². The van der Waals surface area contributed by atoms with Crippen LogP contribution in [0.4, 0.5) is 0 Å². The van der Waals surface area contributed by atoms with Crippen molar-refractivity contribution in [2.45, 2.75) is 25.7 Å². The number of ether oxygens (including phenoxy) is 2. The van der Waals surface area contributed by atoms with E-state index in [2.05, 4.69) is 22.0 Å². The third-order valence-electron chi connectivity index (χ3n) is 5.13. The van der Waals surface area contributed by atoms with E-state index in [1.165, 1.54) is 4.70 Å². The summed E-state index contributed by atoms with van der Waals surface area (Å²) in [5.41, 5.74) is 1.64. The largest absolute Gasteiger partial charge is 0.492 e. The van der Waals surface area contributed by atoms with Gasteiger partial charge >= 0.3 is 0 Å². The zero-order valence-corrected chi connectivity index (χ0v) is 18.9. The van der Waals surface area contributed by atoms with Crippen molar-refractivity contribution in [3.05, 3.63) is 51.4 Å². The summed E-state index contributed by atoms with van der Waals surface area (Å²) in [6.45, 7) is 3.86. The topological polar surface area (TPSA) is 51.7 Å². The maximum Gasteiger partial charge on any atom is 0.254 e. The van der Waals surface area contributed by atoms with Gasteiger partial charge in [-0.3, -0.25) is 4.79 Å². The van der Waals surface area contributed by atoms with E-state index < -0.39 is 0 Å². The second kappa shape index (κ2) is 8.71. The fourth-order valence-electron chi connectivity index (χ4n) is 3.76. The van der Waals surface area contributed by atoms with Gasteiger partial charge in [-0.2, -0.15) is 0 Å². The number of halogens is 1. The van der Waals surface area contributed by atoms with Gasteiger partial charge in [0.25, 0.3) is 5.91 Å². The minimum atomic E-state index is 0.0140. The predicted octanol–water partition coefficient (Wildman–Crippen LogP) is 5.49. The highest BCUT2D eigenvalue weighted by Crippen LogP contribution is 2.38. The molecule has 1 saturated heterocycles. The SMILES string of the molecule is CCOc1cc(C(=O)N2CCCC(c3nc4ccccc4s3)C2)cc(Br)c1OC. The number of carbonyl (C=O) groups is 1. The molecule has 2 heterocycles. The summed E-state index contributed by atoms with van der Waals surface area (Å²) in [6.07, 6.45) is 2.03. The number of likely N-dealkylation sites (tertiary alicyclic amines) is 1. The Kier molecular flexibility index (Phi) is 6.06. The van der Waals surface area contributed by atoms with Gasteiger partial charge in [0, 0.05) is 24.6 Å². The lowest BCUT2D eigenvalue weighted by Gasteiger charge is -2.32. The third-order valence-corrected chi connectivity index (χ3v) is 6.92. The standard InChI is InChI=1S/C22H23BrN2O3S/c1-3-28-18-12-15(11-16(23)20(18)27-2)22(26)25-10-6-7-14(13-25)21-24-17-8-4-5-9-19(17)29-21/h4-5,8-9,11-12,14H,3,6-7,10,13H2,1-2H3. The van der Waals surface area contributed by atoms with Crippen molar-refractivity contribution in [2.75, 3.05) is 26.8 Å². The summed E-state index contributed by atoms with van der Waals surface area (Å²) in [6, 6.07) is 11.8. The van der Waals surface area contributed by atoms with Crippen molar-refractivity contribution < 1.29 is 14.3 Å². The summed E-state index contributed by atoms with van der Waals surface area (Å²) in [4.78, 5) is 20.0. The van der Waals surface area contributed by atoms with Crippen LogP contribution < -0.4 is 9.47 Å². The number of para-hydroxylation sites is 1. The van der Waals surface area contributed by atoms with Crippen molar-refractivity contribution in [2.24, 2.45) is 0 Å². The first-order valence-corrected chi connectivity index (χ1v) is 11.4. The summed E-state index contributed by atoms with van der Waals surface area (Å²) in [5, 5.41) is 1.12. The second-order valence-corrected chi connectivity index (χ2v) is 8.95. The third kappa shape index (κ3) is 4.12. The van der Waals surface area contributed by atoms with Gasteiger partial charge in [0.1, 0.15) is 0 Å². The van der Waals surface area contributed by atoms with Crippen LogP contribution in [0.5, 0.6) is 11.5 Å². The highest BCUT2D eigenvalue weighted by Gasteiger charge is 2.28. The highest BCUT2D eigenvalue weighted by molar-refractivity contribution is 9.10. The molecule has 29 heavy (non-hydrogen) atoms. The summed E-state index contributed by atoms with van der Waals surface area (Å²) in [5.74, 6) is 1.47. The molecule has 1 unspecified atom stereocenters. The highest BCUT2D eigenvalue weighted by atomic mass is 79.9. The molecular weight excluding hydrogens is 452 g/mol. The molecule has 1 atom stereocenters. The number of thiazole rings is 1. The molecule has 5 nitrogen and oxygen atoms in total. The maximum atomic E-state index is 13.2. The fraction of sp³-hybridized carbons (Fsp3) is 0.364. The van der Waals surface area contributed by atoms with Gasteiger partial charge in [-0.25, -0.2) is 4.98 Å². The number of piperidine rings is 1. The molecule has 0 aliphatic carbocycles. The lowest BCUT2D eigenvalue weighted by molar-refractivity contribution is 0.0706. The first-order valence-electron chi connectivity index (χ1n) is 9.75. The van der Waals surface area contributed by atoms with Crippen molar-refractivity contribution in [1.82, 2.24) is 9.88 Å². The van der Waals surface area contributed by atoms with Gasteiger partial charge < -0.3 is 14.4 Å². The van der Waals surface area contributed by atoms with E-state index in [0.29, 0.717) is 34.7 Å². The summed E-state index contributed by atoms with van der Waals surface area (Å²) >= 11 is 5.24. The Morgan fingerprint density at radius 1 is 1.34 bits per heavy atom. The maximum absolute atomic E-state index is 13.2. The Labute approximate surface area is 182 Å². The van der Waals surface area contributed by atoms with Crippen LogP contribution in [-0.2, 0) is 0 Å². The van der Waals surface area contributed by atoms with E-state index >= 15 is 0 Å². The van der Waals surface area contributed by atoms with Gasteiger partial charge in [-0.15, -0.1) is 11.3 Å². The Balaban J connectivity index is 1.57. The van der Waals surface area contributed by atoms with E-state index in [4.69, 9.17) is 14.5 Å². The van der Waals surface area contributed by atoms with E-state index in [-0.39, 0.29) is 11.8 Å². The average molecular weight is 475 g/mol. The molecule has 7 heteroatoms. The number of rotatable bonds is 5. The fourth-order valence-corrected chi connectivity index (χ4v) is 5.46. The monoisotopic (exact) mass is 474 g/mol. The summed E-state index contributed by atoms with van der Waals surface area (Å²) in [7, 11) is 1.59. The molecule has 0 radical (unpaired) electrons. The molecule has 0 N–H and O–H groups in total. The lowest BCUT2D eigenvalue weighted by atomic mass is 9.98. The van der Waals surface area contributed by atoms with E-state index in [0.717, 1.165) is 29.9 Å². The molecule has 3 aromatic rings. The molecule has 0 spiro atoms. The second-order valence-electron chi connectivity index (χ2n) is 7.03. The van der Waals surface area contributed by atoms with E-state index in [9.17, 15) is 4.79 Å². The quantitative estimate of drug-likeness (QED) is 0.490. The minimum Gasteiger partial charge on any atom is -0.492 e. The molecule has 1 aliphatic rings. The van der Waals surface area contributed by atoms with Gasteiger partial charge in [0.15, 0.2) is 11.5 Å². The number of hydrogen-bond donors (Lipinski definition) is 0. The molecule has 0 bridgehead atoms. The van der Waals surface area contributed by atoms with Crippen LogP contribution in [0, 0.1) is 0 Å². The normalized spacial score (nSPS) is 16.8. The molecule has 1 fully saturated rings. The van der Waals surface area contributed by atoms with Crippen molar-refractivity contribution in [3.8, 4) is 11.5 Å². The molecule has 152 valence electrons. The Morgan fingerprint density at radius 3 is 2.93 bits per heavy atom. The molecule has 2 aromatic carbocycles. The average Bonchev–Trinajstić information content (AvgIpc) is 3.18. The van der Waals surface area contributed by atoms with Crippen LogP contribution in [-0.4, -0.2) is 42.6 Å². The Morgan fingerprint density at radius 2 is 2.17 bits per heavy atom. The van der Waals surface area contributed by atoms with Crippen LogP contribution in [0.2, 0.25) is 0 Å². The van der Waals surface area contributed by atoms with Crippen molar-refractivity contribution in [1.29, 1.82) is 0 Å². The Bertz CT molecular complexity index is 1000. The minimum absolute atomic E-state index is 0.0140. The van der Waals surface area contributed by atoms with Crippen LogP contribution in [0.3, 0.4) is 0 Å². The first kappa shape index (κ1) is 20.2. The zero-order chi connectivity index (χ0) is 20.4. The van der Waals surface area contributed by atoms with Crippen LogP contribution in [0.15, 0.2) is 40.9 Å². The van der Waals surface area contributed by atoms with Crippen LogP contribution in [0.25, 0.3) is 10.2 Å². The first-order chi connectivity index (χ1) is 14.1. The molecule has 1 amide bonds. The number of amides is 1. The Hall–Kier alpha value is -2.12. The molecule has 1 aromatic heterocycles. The van der Waals surface area contributed by atoms with Crippen LogP contribution in [0.1, 0.15) is 41.0 Å². The van der Waals surface area contributed by atoms with Crippen molar-refractivity contribution in [3.63, 3.8) is 0 Å². The smallest absolute Gasteiger partial charge is 0.254 e. The summed E-state index contributed by atoms with van der Waals surface area (Å²) < 4.78 is 13.0. The van der Waals surface area contributed by atoms with Gasteiger partial charge in [0.2, 0.25) is 0 Å². The number of carbonyl (C=O) groups excluding carboxylic acids is 1. The zero-order valence-electron chi connectivity index (χ0n) is 16.5. The lowest BCUT2D eigenvalue weighted by Crippen LogP contribution is -2.39. The predicted molar refractivity (Wildman–Crippen MR) is 119 cm³/mol. The molecular formula is C22H23BrN2O3S. The number of nitrogens with zero attached hydrogens (tertiary/aromatic N) is 2. The number of hydrogen-bond acceptors (Lipinski definition) is 5. The molecule has 4 rings (SSSR count). The number of fused-ring (bicyclic) bond motifs is 1. The molecule has 1 aliphatic heterocycles. The molecule has 0 saturated carbocycles. The number of benzene rings is 2. The van der Waals surface area contributed by atoms with Gasteiger partial charge in [0.05, 0.1) is 33.4 Å². The van der Waals surface area contributed by atoms with Crippen molar-refractivity contribution >= 4 is 43.4 Å². The number of methoxy groups -OCH3 is 1.